The van der Waals surface area contributed by atoms with Crippen molar-refractivity contribution in [3.63, 3.8) is 0 Å². The zero-order valence-corrected chi connectivity index (χ0v) is 11.8. The number of aromatic carboxylic acids is 1. The van der Waals surface area contributed by atoms with Crippen LogP contribution < -0.4 is 0 Å². The molecule has 0 heterocycles. The summed E-state index contributed by atoms with van der Waals surface area (Å²) in [5, 5.41) is 9.04. The quantitative estimate of drug-likeness (QED) is 0.696. The molecule has 19 heavy (non-hydrogen) atoms. The molecule has 0 aromatic heterocycles. The van der Waals surface area contributed by atoms with Crippen molar-refractivity contribution in [2.24, 2.45) is 0 Å². The summed E-state index contributed by atoms with van der Waals surface area (Å²) in [6.45, 7) is 2.39. The molecule has 0 bridgehead atoms. The van der Waals surface area contributed by atoms with E-state index in [0.29, 0.717) is 18.6 Å². The van der Waals surface area contributed by atoms with E-state index in [9.17, 15) is 4.79 Å². The molecule has 1 rings (SSSR count). The van der Waals surface area contributed by atoms with Crippen LogP contribution in [0.2, 0.25) is 0 Å². The molecule has 0 fully saturated rings. The van der Waals surface area contributed by atoms with Crippen molar-refractivity contribution in [3.05, 3.63) is 35.4 Å². The van der Waals surface area contributed by atoms with E-state index in [4.69, 9.17) is 9.84 Å². The molecule has 0 saturated heterocycles. The largest absolute Gasteiger partial charge is 0.478 e. The van der Waals surface area contributed by atoms with Crippen LogP contribution in [0.4, 0.5) is 0 Å². The minimum atomic E-state index is -0.874. The summed E-state index contributed by atoms with van der Waals surface area (Å²) in [6.07, 6.45) is 2.81. The van der Waals surface area contributed by atoms with Crippen molar-refractivity contribution >= 4 is 5.97 Å². The van der Waals surface area contributed by atoms with Crippen molar-refractivity contribution in [2.75, 3.05) is 33.9 Å². The molecule has 1 aromatic carbocycles. The van der Waals surface area contributed by atoms with Gasteiger partial charge in [-0.15, -0.1) is 0 Å². The molecule has 0 atom stereocenters. The van der Waals surface area contributed by atoms with Gasteiger partial charge in [0.05, 0.1) is 12.2 Å². The second-order valence-corrected chi connectivity index (χ2v) is 4.84. The van der Waals surface area contributed by atoms with Gasteiger partial charge in [0, 0.05) is 6.61 Å². The fourth-order valence-corrected chi connectivity index (χ4v) is 1.86. The minimum absolute atomic E-state index is 0.374. The van der Waals surface area contributed by atoms with Crippen LogP contribution in [0.5, 0.6) is 0 Å². The molecule has 1 aromatic rings. The number of carboxylic acid groups (broad SMARTS) is 1. The molecule has 4 heteroatoms. The van der Waals surface area contributed by atoms with Crippen LogP contribution in [0.1, 0.15) is 28.8 Å². The monoisotopic (exact) mass is 265 g/mol. The maximum Gasteiger partial charge on any atom is 0.335 e. The van der Waals surface area contributed by atoms with Crippen LogP contribution in [-0.4, -0.2) is 49.8 Å². The van der Waals surface area contributed by atoms with Gasteiger partial charge >= 0.3 is 5.97 Å². The van der Waals surface area contributed by atoms with Gasteiger partial charge in [0.1, 0.15) is 0 Å². The number of unbranched alkanes of at least 4 members (excludes halogenated alkanes) is 1. The van der Waals surface area contributed by atoms with E-state index in [1.165, 1.54) is 0 Å². The van der Waals surface area contributed by atoms with E-state index in [1.807, 2.05) is 12.1 Å². The maximum atomic E-state index is 11.0. The van der Waals surface area contributed by atoms with Crippen LogP contribution >= 0.6 is 0 Å². The Balaban J connectivity index is 2.21. The molecule has 106 valence electrons. The Labute approximate surface area is 115 Å². The van der Waals surface area contributed by atoms with Crippen LogP contribution in [0.15, 0.2) is 24.3 Å². The molecular formula is C15H23NO3. The van der Waals surface area contributed by atoms with Gasteiger partial charge in [0.15, 0.2) is 0 Å². The Morgan fingerprint density at radius 1 is 1.21 bits per heavy atom. The summed E-state index contributed by atoms with van der Waals surface area (Å²) in [5.41, 5.74) is 1.21. The third kappa shape index (κ3) is 6.36. The van der Waals surface area contributed by atoms with Crippen LogP contribution in [0, 0.1) is 0 Å². The van der Waals surface area contributed by atoms with Crippen LogP contribution in [0.25, 0.3) is 0 Å². The van der Waals surface area contributed by atoms with Gasteiger partial charge in [0.2, 0.25) is 0 Å². The zero-order valence-electron chi connectivity index (χ0n) is 11.8. The SMILES string of the molecule is CN(C)CCCCOCCc1ccccc1C(=O)O. The topological polar surface area (TPSA) is 49.8 Å². The van der Waals surface area contributed by atoms with Crippen molar-refractivity contribution in [3.8, 4) is 0 Å². The lowest BCUT2D eigenvalue weighted by Crippen LogP contribution is -2.13. The number of carboxylic acids is 1. The first-order valence-electron chi connectivity index (χ1n) is 6.65. The molecule has 0 aliphatic carbocycles. The first-order valence-corrected chi connectivity index (χ1v) is 6.65. The molecule has 0 aliphatic heterocycles. The summed E-state index contributed by atoms with van der Waals surface area (Å²) in [7, 11) is 4.12. The smallest absolute Gasteiger partial charge is 0.335 e. The first kappa shape index (κ1) is 15.7. The Kier molecular flexibility index (Phi) is 7.15. The van der Waals surface area contributed by atoms with Crippen molar-refractivity contribution in [2.45, 2.75) is 19.3 Å². The highest BCUT2D eigenvalue weighted by atomic mass is 16.5. The number of hydrogen-bond acceptors (Lipinski definition) is 3. The van der Waals surface area contributed by atoms with Gasteiger partial charge in [0.25, 0.3) is 0 Å². The Bertz CT molecular complexity index is 391. The van der Waals surface area contributed by atoms with E-state index in [1.54, 1.807) is 12.1 Å². The number of benzene rings is 1. The van der Waals surface area contributed by atoms with E-state index in [0.717, 1.165) is 31.6 Å². The molecule has 0 unspecified atom stereocenters. The van der Waals surface area contributed by atoms with Gasteiger partial charge in [-0.25, -0.2) is 4.79 Å². The van der Waals surface area contributed by atoms with Crippen LogP contribution in [-0.2, 0) is 11.2 Å². The van der Waals surface area contributed by atoms with Gasteiger partial charge in [-0.2, -0.15) is 0 Å². The fraction of sp³-hybridized carbons (Fsp3) is 0.533. The highest BCUT2D eigenvalue weighted by molar-refractivity contribution is 5.89. The Morgan fingerprint density at radius 2 is 1.95 bits per heavy atom. The number of hydrogen-bond donors (Lipinski definition) is 1. The molecule has 0 aliphatic rings. The number of rotatable bonds is 9. The van der Waals surface area contributed by atoms with Crippen molar-refractivity contribution in [1.82, 2.24) is 4.90 Å². The predicted molar refractivity (Wildman–Crippen MR) is 75.7 cm³/mol. The standard InChI is InChI=1S/C15H23NO3/c1-16(2)10-5-6-11-19-12-9-13-7-3-4-8-14(13)15(17)18/h3-4,7-8H,5-6,9-12H2,1-2H3,(H,17,18). The normalized spacial score (nSPS) is 10.9. The predicted octanol–water partition coefficient (Wildman–Crippen LogP) is 2.29. The summed E-state index contributed by atoms with van der Waals surface area (Å²) < 4.78 is 5.54. The number of nitrogens with zero attached hydrogens (tertiary/aromatic N) is 1. The van der Waals surface area contributed by atoms with Crippen molar-refractivity contribution in [1.29, 1.82) is 0 Å². The van der Waals surface area contributed by atoms with Crippen molar-refractivity contribution < 1.29 is 14.6 Å². The van der Waals surface area contributed by atoms with Gasteiger partial charge < -0.3 is 14.7 Å². The summed E-state index contributed by atoms with van der Waals surface area (Å²) in [5.74, 6) is -0.874. The second-order valence-electron chi connectivity index (χ2n) is 4.84. The molecule has 0 amide bonds. The Hall–Kier alpha value is -1.39. The average Bonchev–Trinajstić information content (AvgIpc) is 2.37. The van der Waals surface area contributed by atoms with Gasteiger partial charge in [-0.05, 0) is 51.5 Å². The van der Waals surface area contributed by atoms with E-state index in [-0.39, 0.29) is 0 Å². The fourth-order valence-electron chi connectivity index (χ4n) is 1.86. The number of ether oxygens (including phenoxy) is 1. The lowest BCUT2D eigenvalue weighted by atomic mass is 10.1. The average molecular weight is 265 g/mol. The molecule has 0 radical (unpaired) electrons. The van der Waals surface area contributed by atoms with Gasteiger partial charge in [-0.1, -0.05) is 18.2 Å². The molecule has 0 spiro atoms. The lowest BCUT2D eigenvalue weighted by Gasteiger charge is -2.09. The third-order valence-corrected chi connectivity index (χ3v) is 2.91. The second kappa shape index (κ2) is 8.67. The van der Waals surface area contributed by atoms with Crippen LogP contribution in [0.3, 0.4) is 0 Å². The molecule has 0 saturated carbocycles. The molecule has 4 nitrogen and oxygen atoms in total. The summed E-state index contributed by atoms with van der Waals surface area (Å²) in [6, 6.07) is 7.08. The Morgan fingerprint density at radius 3 is 2.63 bits per heavy atom. The maximum absolute atomic E-state index is 11.0. The summed E-state index contributed by atoms with van der Waals surface area (Å²) in [4.78, 5) is 13.2. The lowest BCUT2D eigenvalue weighted by molar-refractivity contribution is 0.0694. The van der Waals surface area contributed by atoms with E-state index in [2.05, 4.69) is 19.0 Å². The molecular weight excluding hydrogens is 242 g/mol. The van der Waals surface area contributed by atoms with E-state index >= 15 is 0 Å². The third-order valence-electron chi connectivity index (χ3n) is 2.91. The zero-order chi connectivity index (χ0) is 14.1. The molecule has 1 N–H and O–H groups in total. The highest BCUT2D eigenvalue weighted by Gasteiger charge is 2.08. The van der Waals surface area contributed by atoms with E-state index < -0.39 is 5.97 Å². The minimum Gasteiger partial charge on any atom is -0.478 e. The summed E-state index contributed by atoms with van der Waals surface area (Å²) >= 11 is 0. The first-order chi connectivity index (χ1) is 9.11. The number of carbonyl (C=O) groups is 1. The van der Waals surface area contributed by atoms with Gasteiger partial charge in [-0.3, -0.25) is 0 Å². The highest BCUT2D eigenvalue weighted by Crippen LogP contribution is 2.09.